The number of halogens is 1. The average Bonchev–Trinajstić information content (AvgIpc) is 2.39. The zero-order valence-corrected chi connectivity index (χ0v) is 13.2. The quantitative estimate of drug-likeness (QED) is 0.825. The number of hydrogen-bond acceptors (Lipinski definition) is 2. The number of benzene rings is 1. The monoisotopic (exact) mass is 342 g/mol. The summed E-state index contributed by atoms with van der Waals surface area (Å²) >= 11 is 3.27. The van der Waals surface area contributed by atoms with Crippen LogP contribution >= 0.6 is 15.9 Å². The standard InChI is InChI=1S/C14H19BrN2O3/c1-3-5-8-17(4-2)14(20)16-12-9-10(15)6-7-11(12)13(18)19/h6-7,9H,3-5,8H2,1-2H3,(H,16,20)(H,18,19). The van der Waals surface area contributed by atoms with Gasteiger partial charge in [-0.3, -0.25) is 0 Å². The van der Waals surface area contributed by atoms with E-state index < -0.39 is 5.97 Å². The Bertz CT molecular complexity index is 491. The fraction of sp³-hybridized carbons (Fsp3) is 0.429. The number of rotatable bonds is 6. The number of carbonyl (C=O) groups excluding carboxylic acids is 1. The number of nitrogens with zero attached hydrogens (tertiary/aromatic N) is 1. The number of hydrogen-bond donors (Lipinski definition) is 2. The van der Waals surface area contributed by atoms with Crippen LogP contribution in [0.1, 0.15) is 37.0 Å². The molecule has 0 unspecified atom stereocenters. The lowest BCUT2D eigenvalue weighted by molar-refractivity contribution is 0.0698. The molecule has 0 heterocycles. The van der Waals surface area contributed by atoms with Crippen molar-refractivity contribution in [3.05, 3.63) is 28.2 Å². The molecule has 0 bridgehead atoms. The molecule has 0 aromatic heterocycles. The van der Waals surface area contributed by atoms with Crippen molar-refractivity contribution < 1.29 is 14.7 Å². The lowest BCUT2D eigenvalue weighted by atomic mass is 10.2. The van der Waals surface area contributed by atoms with Crippen molar-refractivity contribution in [3.63, 3.8) is 0 Å². The van der Waals surface area contributed by atoms with Crippen LogP contribution in [0.3, 0.4) is 0 Å². The number of unbranched alkanes of at least 4 members (excludes halogenated alkanes) is 1. The van der Waals surface area contributed by atoms with Crippen LogP contribution in [0.4, 0.5) is 10.5 Å². The normalized spacial score (nSPS) is 10.2. The van der Waals surface area contributed by atoms with Gasteiger partial charge in [-0.25, -0.2) is 9.59 Å². The first-order valence-corrected chi connectivity index (χ1v) is 7.37. The Hall–Kier alpha value is -1.56. The van der Waals surface area contributed by atoms with Crippen LogP contribution in [0.15, 0.2) is 22.7 Å². The maximum Gasteiger partial charge on any atom is 0.337 e. The van der Waals surface area contributed by atoms with E-state index in [-0.39, 0.29) is 11.6 Å². The maximum atomic E-state index is 12.1. The zero-order valence-electron chi connectivity index (χ0n) is 11.6. The predicted octanol–water partition coefficient (Wildman–Crippen LogP) is 3.80. The molecule has 1 rings (SSSR count). The van der Waals surface area contributed by atoms with Crippen molar-refractivity contribution in [1.82, 2.24) is 4.90 Å². The lowest BCUT2D eigenvalue weighted by Crippen LogP contribution is -2.35. The third kappa shape index (κ3) is 4.52. The summed E-state index contributed by atoms with van der Waals surface area (Å²) in [5, 5.41) is 11.8. The molecule has 0 saturated heterocycles. The van der Waals surface area contributed by atoms with E-state index in [2.05, 4.69) is 28.2 Å². The molecule has 110 valence electrons. The molecule has 0 spiro atoms. The fourth-order valence-electron chi connectivity index (χ4n) is 1.75. The molecule has 5 nitrogen and oxygen atoms in total. The van der Waals surface area contributed by atoms with Gasteiger partial charge in [-0.2, -0.15) is 0 Å². The molecule has 1 aromatic carbocycles. The highest BCUT2D eigenvalue weighted by Crippen LogP contribution is 2.22. The van der Waals surface area contributed by atoms with Gasteiger partial charge in [0.15, 0.2) is 0 Å². The zero-order chi connectivity index (χ0) is 15.1. The minimum atomic E-state index is -1.07. The first kappa shape index (κ1) is 16.5. The first-order valence-electron chi connectivity index (χ1n) is 6.58. The van der Waals surface area contributed by atoms with Crippen molar-refractivity contribution in [2.45, 2.75) is 26.7 Å². The summed E-state index contributed by atoms with van der Waals surface area (Å²) < 4.78 is 0.717. The maximum absolute atomic E-state index is 12.1. The molecule has 20 heavy (non-hydrogen) atoms. The molecule has 6 heteroatoms. The minimum Gasteiger partial charge on any atom is -0.478 e. The van der Waals surface area contributed by atoms with Crippen LogP contribution in [0.5, 0.6) is 0 Å². The van der Waals surface area contributed by atoms with Gasteiger partial charge in [0.25, 0.3) is 0 Å². The summed E-state index contributed by atoms with van der Waals surface area (Å²) in [6.07, 6.45) is 1.92. The topological polar surface area (TPSA) is 69.6 Å². The molecule has 0 aliphatic carbocycles. The lowest BCUT2D eigenvalue weighted by Gasteiger charge is -2.21. The van der Waals surface area contributed by atoms with Gasteiger partial charge in [0.1, 0.15) is 0 Å². The molecule has 0 radical (unpaired) electrons. The number of carboxylic acid groups (broad SMARTS) is 1. The average molecular weight is 343 g/mol. The van der Waals surface area contributed by atoms with Crippen LogP contribution in [0.2, 0.25) is 0 Å². The SMILES string of the molecule is CCCCN(CC)C(=O)Nc1cc(Br)ccc1C(=O)O. The summed E-state index contributed by atoms with van der Waals surface area (Å²) in [6, 6.07) is 4.41. The molecule has 2 amide bonds. The highest BCUT2D eigenvalue weighted by atomic mass is 79.9. The van der Waals surface area contributed by atoms with Gasteiger partial charge in [-0.05, 0) is 31.5 Å². The van der Waals surface area contributed by atoms with Crippen molar-refractivity contribution in [1.29, 1.82) is 0 Å². The summed E-state index contributed by atoms with van der Waals surface area (Å²) in [4.78, 5) is 25.0. The smallest absolute Gasteiger partial charge is 0.337 e. The molecule has 0 atom stereocenters. The highest BCUT2D eigenvalue weighted by Gasteiger charge is 2.16. The van der Waals surface area contributed by atoms with Gasteiger partial charge in [0.05, 0.1) is 11.3 Å². The molecule has 0 aliphatic heterocycles. The van der Waals surface area contributed by atoms with E-state index in [4.69, 9.17) is 5.11 Å². The Kier molecular flexibility index (Phi) is 6.51. The minimum absolute atomic E-state index is 0.0769. The van der Waals surface area contributed by atoms with Gasteiger partial charge >= 0.3 is 12.0 Å². The number of amides is 2. The van der Waals surface area contributed by atoms with E-state index >= 15 is 0 Å². The van der Waals surface area contributed by atoms with Crippen molar-refractivity contribution in [2.75, 3.05) is 18.4 Å². The second kappa shape index (κ2) is 7.89. The van der Waals surface area contributed by atoms with Gasteiger partial charge < -0.3 is 15.3 Å². The van der Waals surface area contributed by atoms with E-state index in [1.807, 2.05) is 6.92 Å². The number of anilines is 1. The highest BCUT2D eigenvalue weighted by molar-refractivity contribution is 9.10. The van der Waals surface area contributed by atoms with Gasteiger partial charge in [-0.1, -0.05) is 29.3 Å². The van der Waals surface area contributed by atoms with Crippen LogP contribution in [0, 0.1) is 0 Å². The molecular formula is C14H19BrN2O3. The Morgan fingerprint density at radius 1 is 1.35 bits per heavy atom. The number of urea groups is 1. The second-order valence-corrected chi connectivity index (χ2v) is 5.27. The summed E-state index contributed by atoms with van der Waals surface area (Å²) in [7, 11) is 0. The predicted molar refractivity (Wildman–Crippen MR) is 82.3 cm³/mol. The first-order chi connectivity index (χ1) is 9.49. The van der Waals surface area contributed by atoms with E-state index in [0.717, 1.165) is 17.3 Å². The van der Waals surface area contributed by atoms with E-state index in [9.17, 15) is 9.59 Å². The van der Waals surface area contributed by atoms with E-state index in [0.29, 0.717) is 18.8 Å². The second-order valence-electron chi connectivity index (χ2n) is 4.36. The summed E-state index contributed by atoms with van der Waals surface area (Å²) in [6.45, 7) is 5.20. The molecule has 0 fully saturated rings. The van der Waals surface area contributed by atoms with Crippen molar-refractivity contribution >= 4 is 33.6 Å². The summed E-state index contributed by atoms with van der Waals surface area (Å²) in [5.41, 5.74) is 0.375. The van der Waals surface area contributed by atoms with Gasteiger partial charge in [0, 0.05) is 17.6 Å². The van der Waals surface area contributed by atoms with E-state index in [1.165, 1.54) is 6.07 Å². The Labute approximate surface area is 127 Å². The number of aromatic carboxylic acids is 1. The Morgan fingerprint density at radius 3 is 2.60 bits per heavy atom. The molecule has 0 aliphatic rings. The van der Waals surface area contributed by atoms with Crippen molar-refractivity contribution in [2.24, 2.45) is 0 Å². The Balaban J connectivity index is 2.88. The van der Waals surface area contributed by atoms with Gasteiger partial charge in [-0.15, -0.1) is 0 Å². The molecular weight excluding hydrogens is 324 g/mol. The number of carboxylic acids is 1. The van der Waals surface area contributed by atoms with Gasteiger partial charge in [0.2, 0.25) is 0 Å². The van der Waals surface area contributed by atoms with Crippen LogP contribution in [-0.2, 0) is 0 Å². The number of nitrogens with one attached hydrogen (secondary N) is 1. The summed E-state index contributed by atoms with van der Waals surface area (Å²) in [5.74, 6) is -1.07. The van der Waals surface area contributed by atoms with Crippen LogP contribution in [-0.4, -0.2) is 35.1 Å². The van der Waals surface area contributed by atoms with E-state index in [1.54, 1.807) is 17.0 Å². The number of carbonyl (C=O) groups is 2. The largest absolute Gasteiger partial charge is 0.478 e. The van der Waals surface area contributed by atoms with Crippen molar-refractivity contribution in [3.8, 4) is 0 Å². The van der Waals surface area contributed by atoms with Crippen LogP contribution < -0.4 is 5.32 Å². The molecule has 2 N–H and O–H groups in total. The van der Waals surface area contributed by atoms with Crippen LogP contribution in [0.25, 0.3) is 0 Å². The molecule has 0 saturated carbocycles. The molecule has 1 aromatic rings. The third-order valence-corrected chi connectivity index (χ3v) is 3.40. The fourth-order valence-corrected chi connectivity index (χ4v) is 2.11. The Morgan fingerprint density at radius 2 is 2.05 bits per heavy atom. The third-order valence-electron chi connectivity index (χ3n) is 2.90.